The van der Waals surface area contributed by atoms with Crippen LogP contribution in [0.1, 0.15) is 37.2 Å². The van der Waals surface area contributed by atoms with E-state index in [1.165, 1.54) is 11.3 Å². The lowest BCUT2D eigenvalue weighted by molar-refractivity contribution is -0.132. The predicted molar refractivity (Wildman–Crippen MR) is 84.4 cm³/mol. The summed E-state index contributed by atoms with van der Waals surface area (Å²) in [5, 5.41) is 4.53. The van der Waals surface area contributed by atoms with Gasteiger partial charge in [0, 0.05) is 44.8 Å². The fourth-order valence-corrected chi connectivity index (χ4v) is 3.11. The van der Waals surface area contributed by atoms with Gasteiger partial charge in [-0.3, -0.25) is 9.48 Å². The molecule has 2 heterocycles. The van der Waals surface area contributed by atoms with Gasteiger partial charge in [-0.15, -0.1) is 0 Å². The van der Waals surface area contributed by atoms with Gasteiger partial charge in [0.1, 0.15) is 0 Å². The Kier molecular flexibility index (Phi) is 5.39. The van der Waals surface area contributed by atoms with Gasteiger partial charge >= 0.3 is 0 Å². The van der Waals surface area contributed by atoms with Crippen LogP contribution < -0.4 is 0 Å². The molecule has 118 valence electrons. The van der Waals surface area contributed by atoms with Gasteiger partial charge in [0.15, 0.2) is 0 Å². The highest BCUT2D eigenvalue weighted by Gasteiger charge is 2.20. The maximum absolute atomic E-state index is 12.3. The van der Waals surface area contributed by atoms with Crippen molar-refractivity contribution in [3.8, 4) is 0 Å². The molecular weight excluding hydrogens is 264 g/mol. The summed E-state index contributed by atoms with van der Waals surface area (Å²) >= 11 is 0. The third-order valence-corrected chi connectivity index (χ3v) is 4.59. The van der Waals surface area contributed by atoms with E-state index < -0.39 is 0 Å². The zero-order chi connectivity index (χ0) is 15.4. The number of carbonyl (C=O) groups excluding carboxylic acids is 1. The minimum atomic E-state index is 0.286. The quantitative estimate of drug-likeness (QED) is 0.828. The van der Waals surface area contributed by atoms with Crippen LogP contribution in [0.25, 0.3) is 0 Å². The molecule has 0 aromatic carbocycles. The molecule has 1 aromatic heterocycles. The molecule has 1 fully saturated rings. The van der Waals surface area contributed by atoms with Gasteiger partial charge in [-0.1, -0.05) is 6.92 Å². The number of piperazine rings is 1. The van der Waals surface area contributed by atoms with Crippen molar-refractivity contribution in [1.82, 2.24) is 19.6 Å². The number of hydrogen-bond acceptors (Lipinski definition) is 3. The Morgan fingerprint density at radius 2 is 1.76 bits per heavy atom. The first-order chi connectivity index (χ1) is 10.1. The summed E-state index contributed by atoms with van der Waals surface area (Å²) in [5.74, 6) is 0.286. The van der Waals surface area contributed by atoms with E-state index >= 15 is 0 Å². The molecule has 1 aromatic rings. The van der Waals surface area contributed by atoms with Crippen molar-refractivity contribution in [2.24, 2.45) is 0 Å². The molecule has 0 bridgehead atoms. The maximum atomic E-state index is 12.3. The van der Waals surface area contributed by atoms with E-state index in [0.29, 0.717) is 6.42 Å². The molecule has 0 saturated carbocycles. The van der Waals surface area contributed by atoms with Gasteiger partial charge in [0.2, 0.25) is 5.91 Å². The normalized spacial score (nSPS) is 16.5. The number of nitrogens with zero attached hydrogens (tertiary/aromatic N) is 4. The van der Waals surface area contributed by atoms with E-state index in [9.17, 15) is 4.79 Å². The van der Waals surface area contributed by atoms with Crippen LogP contribution in [0.3, 0.4) is 0 Å². The molecule has 0 unspecified atom stereocenters. The zero-order valence-electron chi connectivity index (χ0n) is 13.9. The summed E-state index contributed by atoms with van der Waals surface area (Å²) in [6.07, 6.45) is 1.41. The van der Waals surface area contributed by atoms with Crippen molar-refractivity contribution in [1.29, 1.82) is 0 Å². The lowest BCUT2D eigenvalue weighted by Crippen LogP contribution is -2.48. The fraction of sp³-hybridized carbons (Fsp3) is 0.750. The molecule has 0 aliphatic carbocycles. The van der Waals surface area contributed by atoms with Crippen LogP contribution in [0.4, 0.5) is 0 Å². The van der Waals surface area contributed by atoms with Crippen molar-refractivity contribution in [2.75, 3.05) is 32.7 Å². The predicted octanol–water partition coefficient (Wildman–Crippen LogP) is 1.62. The average Bonchev–Trinajstić information content (AvgIpc) is 2.79. The Morgan fingerprint density at radius 3 is 2.29 bits per heavy atom. The SMILES string of the molecule is CCN1CCN(C(=O)CCc2c(C)nn(CC)c2C)CC1. The van der Waals surface area contributed by atoms with Crippen molar-refractivity contribution >= 4 is 5.91 Å². The Hall–Kier alpha value is -1.36. The second-order valence-corrected chi connectivity index (χ2v) is 5.78. The van der Waals surface area contributed by atoms with Gasteiger partial charge in [-0.05, 0) is 39.3 Å². The standard InChI is InChI=1S/C16H28N4O/c1-5-18-9-11-19(12-10-18)16(21)8-7-15-13(3)17-20(6-2)14(15)4/h5-12H2,1-4H3. The van der Waals surface area contributed by atoms with Crippen LogP contribution in [0.5, 0.6) is 0 Å². The van der Waals surface area contributed by atoms with Crippen molar-refractivity contribution in [2.45, 2.75) is 47.1 Å². The summed E-state index contributed by atoms with van der Waals surface area (Å²) in [5.41, 5.74) is 3.52. The monoisotopic (exact) mass is 292 g/mol. The third kappa shape index (κ3) is 3.64. The van der Waals surface area contributed by atoms with Gasteiger partial charge in [0.25, 0.3) is 0 Å². The van der Waals surface area contributed by atoms with E-state index in [1.807, 2.05) is 16.5 Å². The summed E-state index contributed by atoms with van der Waals surface area (Å²) in [6, 6.07) is 0. The Bertz CT molecular complexity index is 487. The number of amides is 1. The Balaban J connectivity index is 1.88. The molecule has 1 saturated heterocycles. The lowest BCUT2D eigenvalue weighted by atomic mass is 10.1. The molecule has 21 heavy (non-hydrogen) atoms. The topological polar surface area (TPSA) is 41.4 Å². The molecule has 0 N–H and O–H groups in total. The van der Waals surface area contributed by atoms with Crippen molar-refractivity contribution < 1.29 is 4.79 Å². The van der Waals surface area contributed by atoms with Crippen LogP contribution in [0.15, 0.2) is 0 Å². The second kappa shape index (κ2) is 7.07. The van der Waals surface area contributed by atoms with E-state index in [2.05, 4.69) is 30.8 Å². The van der Waals surface area contributed by atoms with Crippen LogP contribution in [0.2, 0.25) is 0 Å². The first kappa shape index (κ1) is 16.0. The summed E-state index contributed by atoms with van der Waals surface area (Å²) in [4.78, 5) is 16.8. The molecular formula is C16H28N4O. The number of carbonyl (C=O) groups is 1. The summed E-state index contributed by atoms with van der Waals surface area (Å²) < 4.78 is 2.02. The molecule has 1 aliphatic heterocycles. The molecule has 2 rings (SSSR count). The van der Waals surface area contributed by atoms with Crippen LogP contribution in [-0.4, -0.2) is 58.2 Å². The first-order valence-electron chi connectivity index (χ1n) is 8.09. The Labute approximate surface area is 127 Å². The van der Waals surface area contributed by atoms with Gasteiger partial charge in [0.05, 0.1) is 5.69 Å². The minimum Gasteiger partial charge on any atom is -0.340 e. The van der Waals surface area contributed by atoms with Crippen LogP contribution in [-0.2, 0) is 17.8 Å². The highest BCUT2D eigenvalue weighted by molar-refractivity contribution is 5.76. The zero-order valence-corrected chi connectivity index (χ0v) is 13.9. The van der Waals surface area contributed by atoms with Crippen LogP contribution in [0, 0.1) is 13.8 Å². The van der Waals surface area contributed by atoms with Crippen LogP contribution >= 0.6 is 0 Å². The molecule has 5 nitrogen and oxygen atoms in total. The highest BCUT2D eigenvalue weighted by Crippen LogP contribution is 2.16. The number of hydrogen-bond donors (Lipinski definition) is 0. The highest BCUT2D eigenvalue weighted by atomic mass is 16.2. The van der Waals surface area contributed by atoms with E-state index in [0.717, 1.165) is 51.4 Å². The molecule has 0 radical (unpaired) electrons. The number of aromatic nitrogens is 2. The second-order valence-electron chi connectivity index (χ2n) is 5.78. The third-order valence-electron chi connectivity index (χ3n) is 4.59. The number of rotatable bonds is 5. The minimum absolute atomic E-state index is 0.286. The van der Waals surface area contributed by atoms with Crippen molar-refractivity contribution in [3.63, 3.8) is 0 Å². The van der Waals surface area contributed by atoms with E-state index in [4.69, 9.17) is 0 Å². The lowest BCUT2D eigenvalue weighted by Gasteiger charge is -2.34. The van der Waals surface area contributed by atoms with E-state index in [1.54, 1.807) is 0 Å². The number of aryl methyl sites for hydroxylation is 2. The molecule has 0 atom stereocenters. The molecule has 1 aliphatic rings. The van der Waals surface area contributed by atoms with Gasteiger partial charge in [-0.2, -0.15) is 5.10 Å². The molecule has 1 amide bonds. The fourth-order valence-electron chi connectivity index (χ4n) is 3.11. The van der Waals surface area contributed by atoms with Crippen molar-refractivity contribution in [3.05, 3.63) is 17.0 Å². The smallest absolute Gasteiger partial charge is 0.222 e. The Morgan fingerprint density at radius 1 is 1.10 bits per heavy atom. The van der Waals surface area contributed by atoms with E-state index in [-0.39, 0.29) is 5.91 Å². The largest absolute Gasteiger partial charge is 0.340 e. The van der Waals surface area contributed by atoms with Gasteiger partial charge in [-0.25, -0.2) is 0 Å². The first-order valence-corrected chi connectivity index (χ1v) is 8.09. The molecule has 0 spiro atoms. The summed E-state index contributed by atoms with van der Waals surface area (Å²) in [7, 11) is 0. The maximum Gasteiger partial charge on any atom is 0.222 e. The van der Waals surface area contributed by atoms with Gasteiger partial charge < -0.3 is 9.80 Å². The molecule has 5 heteroatoms. The number of likely N-dealkylation sites (N-methyl/N-ethyl adjacent to an activating group) is 1. The summed E-state index contributed by atoms with van der Waals surface area (Å²) in [6.45, 7) is 14.1. The average molecular weight is 292 g/mol.